The highest BCUT2D eigenvalue weighted by molar-refractivity contribution is 14.0. The number of nitrogens with zero attached hydrogens (tertiary/aromatic N) is 1. The van der Waals surface area contributed by atoms with E-state index in [2.05, 4.69) is 36.1 Å². The summed E-state index contributed by atoms with van der Waals surface area (Å²) in [6.45, 7) is 8.04. The van der Waals surface area contributed by atoms with Crippen LogP contribution in [0.5, 0.6) is 0 Å². The highest BCUT2D eigenvalue weighted by atomic mass is 127. The van der Waals surface area contributed by atoms with Gasteiger partial charge in [-0.05, 0) is 62.6 Å². The van der Waals surface area contributed by atoms with Crippen molar-refractivity contribution in [1.82, 2.24) is 15.4 Å². The Morgan fingerprint density at radius 1 is 1.17 bits per heavy atom. The molecule has 0 amide bonds. The lowest BCUT2D eigenvalue weighted by Crippen LogP contribution is -2.45. The molecule has 1 aliphatic rings. The molecule has 0 bridgehead atoms. The minimum Gasteiger partial charge on any atom is -0.357 e. The van der Waals surface area contributed by atoms with Crippen LogP contribution in [0.1, 0.15) is 57.6 Å². The predicted octanol–water partition coefficient (Wildman–Crippen LogP) is 3.62. The molecule has 2 rings (SSSR count). The van der Waals surface area contributed by atoms with Gasteiger partial charge in [0.2, 0.25) is 10.0 Å². The second-order valence-electron chi connectivity index (χ2n) is 7.98. The van der Waals surface area contributed by atoms with Gasteiger partial charge in [0.05, 0.1) is 12.3 Å². The molecule has 1 fully saturated rings. The van der Waals surface area contributed by atoms with Crippen LogP contribution in [-0.2, 0) is 22.3 Å². The molecule has 0 heterocycles. The Morgan fingerprint density at radius 2 is 1.83 bits per heavy atom. The molecule has 0 unspecified atom stereocenters. The number of hydrogen-bond acceptors (Lipinski definition) is 3. The van der Waals surface area contributed by atoms with E-state index >= 15 is 0 Å². The van der Waals surface area contributed by atoms with Crippen molar-refractivity contribution in [1.29, 1.82) is 0 Å². The molecule has 0 atom stereocenters. The number of guanidine groups is 1. The molecule has 0 saturated heterocycles. The third-order valence-corrected chi connectivity index (χ3v) is 6.81. The Kier molecular flexibility index (Phi) is 11.5. The number of halogens is 1. The molecule has 166 valence electrons. The fourth-order valence-electron chi connectivity index (χ4n) is 3.72. The summed E-state index contributed by atoms with van der Waals surface area (Å²) in [7, 11) is -1.83. The normalized spacial score (nSPS) is 20.2. The lowest BCUT2D eigenvalue weighted by molar-refractivity contribution is 0.250. The Labute approximate surface area is 193 Å². The SMILES string of the molecule is CCNC(=NCc1cccc(CS(=O)(=O)NC)c1)NC1CCC(C(C)C)CC1.I. The van der Waals surface area contributed by atoms with E-state index in [1.54, 1.807) is 0 Å². The molecule has 1 aromatic rings. The van der Waals surface area contributed by atoms with Crippen molar-refractivity contribution in [2.75, 3.05) is 13.6 Å². The summed E-state index contributed by atoms with van der Waals surface area (Å²) in [5, 5.41) is 6.91. The van der Waals surface area contributed by atoms with Gasteiger partial charge in [0.15, 0.2) is 5.96 Å². The van der Waals surface area contributed by atoms with Gasteiger partial charge < -0.3 is 10.6 Å². The number of benzene rings is 1. The zero-order valence-electron chi connectivity index (χ0n) is 18.1. The third kappa shape index (κ3) is 9.21. The average molecular weight is 537 g/mol. The van der Waals surface area contributed by atoms with Crippen molar-refractivity contribution in [3.05, 3.63) is 35.4 Å². The number of aliphatic imine (C=N–C) groups is 1. The molecule has 0 radical (unpaired) electrons. The second kappa shape index (κ2) is 12.7. The van der Waals surface area contributed by atoms with Crippen LogP contribution in [0.4, 0.5) is 0 Å². The van der Waals surface area contributed by atoms with E-state index in [9.17, 15) is 8.42 Å². The molecule has 1 aromatic carbocycles. The average Bonchev–Trinajstić information content (AvgIpc) is 2.67. The first-order valence-corrected chi connectivity index (χ1v) is 12.0. The van der Waals surface area contributed by atoms with Crippen LogP contribution >= 0.6 is 24.0 Å². The van der Waals surface area contributed by atoms with Crippen molar-refractivity contribution in [2.45, 2.75) is 64.8 Å². The first-order chi connectivity index (χ1) is 13.3. The lowest BCUT2D eigenvalue weighted by Gasteiger charge is -2.32. The Hall–Kier alpha value is -0.870. The summed E-state index contributed by atoms with van der Waals surface area (Å²) >= 11 is 0. The van der Waals surface area contributed by atoms with Crippen molar-refractivity contribution in [3.8, 4) is 0 Å². The van der Waals surface area contributed by atoms with E-state index in [-0.39, 0.29) is 29.7 Å². The largest absolute Gasteiger partial charge is 0.357 e. The number of hydrogen-bond donors (Lipinski definition) is 3. The minimum absolute atomic E-state index is 0. The molecular weight excluding hydrogens is 499 g/mol. The summed E-state index contributed by atoms with van der Waals surface area (Å²) in [5.41, 5.74) is 1.77. The molecule has 0 aliphatic heterocycles. The van der Waals surface area contributed by atoms with Gasteiger partial charge >= 0.3 is 0 Å². The maximum atomic E-state index is 11.8. The lowest BCUT2D eigenvalue weighted by atomic mass is 9.80. The van der Waals surface area contributed by atoms with Crippen molar-refractivity contribution in [2.24, 2.45) is 16.8 Å². The highest BCUT2D eigenvalue weighted by Gasteiger charge is 2.23. The van der Waals surface area contributed by atoms with Crippen LogP contribution in [0.15, 0.2) is 29.3 Å². The first-order valence-electron chi connectivity index (χ1n) is 10.4. The van der Waals surface area contributed by atoms with E-state index in [1.165, 1.54) is 32.7 Å². The maximum absolute atomic E-state index is 11.8. The molecule has 0 aromatic heterocycles. The van der Waals surface area contributed by atoms with E-state index < -0.39 is 10.0 Å². The van der Waals surface area contributed by atoms with Gasteiger partial charge in [-0.1, -0.05) is 38.1 Å². The Balaban J connectivity index is 0.00000420. The summed E-state index contributed by atoms with van der Waals surface area (Å²) in [5.74, 6) is 2.43. The maximum Gasteiger partial charge on any atom is 0.215 e. The second-order valence-corrected chi connectivity index (χ2v) is 9.90. The van der Waals surface area contributed by atoms with Crippen LogP contribution in [0, 0.1) is 11.8 Å². The summed E-state index contributed by atoms with van der Waals surface area (Å²) in [6.07, 6.45) is 4.92. The standard InChI is InChI=1S/C21H36N4O2S.HI/c1-5-23-21(25-20-11-9-19(10-12-20)16(2)3)24-14-17-7-6-8-18(13-17)15-28(26,27)22-4;/h6-8,13,16,19-20,22H,5,9-12,14-15H2,1-4H3,(H2,23,24,25);1H. The quantitative estimate of drug-likeness (QED) is 0.269. The predicted molar refractivity (Wildman–Crippen MR) is 132 cm³/mol. The number of nitrogens with one attached hydrogen (secondary N) is 3. The van der Waals surface area contributed by atoms with Gasteiger partial charge in [-0.15, -0.1) is 24.0 Å². The summed E-state index contributed by atoms with van der Waals surface area (Å²) < 4.78 is 25.9. The molecule has 1 saturated carbocycles. The fraction of sp³-hybridized carbons (Fsp3) is 0.667. The smallest absolute Gasteiger partial charge is 0.215 e. The molecule has 3 N–H and O–H groups in total. The molecule has 8 heteroatoms. The van der Waals surface area contributed by atoms with Gasteiger partial charge in [0.1, 0.15) is 0 Å². The van der Waals surface area contributed by atoms with Gasteiger partial charge in [-0.3, -0.25) is 0 Å². The monoisotopic (exact) mass is 536 g/mol. The minimum atomic E-state index is -3.27. The highest BCUT2D eigenvalue weighted by Crippen LogP contribution is 2.29. The first kappa shape index (κ1) is 26.2. The molecule has 6 nitrogen and oxygen atoms in total. The van der Waals surface area contributed by atoms with Crippen molar-refractivity contribution in [3.63, 3.8) is 0 Å². The third-order valence-electron chi connectivity index (χ3n) is 5.48. The topological polar surface area (TPSA) is 82.6 Å². The summed E-state index contributed by atoms with van der Waals surface area (Å²) in [6, 6.07) is 8.09. The zero-order chi connectivity index (χ0) is 20.6. The van der Waals surface area contributed by atoms with Gasteiger partial charge in [0.25, 0.3) is 0 Å². The Morgan fingerprint density at radius 3 is 2.41 bits per heavy atom. The van der Waals surface area contributed by atoms with E-state index in [1.807, 2.05) is 24.3 Å². The zero-order valence-corrected chi connectivity index (χ0v) is 21.2. The number of rotatable bonds is 8. The van der Waals surface area contributed by atoms with Crippen LogP contribution in [0.3, 0.4) is 0 Å². The summed E-state index contributed by atoms with van der Waals surface area (Å²) in [4.78, 5) is 4.72. The Bertz CT molecular complexity index is 745. The van der Waals surface area contributed by atoms with Crippen molar-refractivity contribution < 1.29 is 8.42 Å². The van der Waals surface area contributed by atoms with Crippen LogP contribution in [0.25, 0.3) is 0 Å². The van der Waals surface area contributed by atoms with E-state index in [0.717, 1.165) is 35.5 Å². The van der Waals surface area contributed by atoms with Crippen molar-refractivity contribution >= 4 is 40.0 Å². The van der Waals surface area contributed by atoms with E-state index in [4.69, 9.17) is 4.99 Å². The van der Waals surface area contributed by atoms with Crippen LogP contribution in [0.2, 0.25) is 0 Å². The van der Waals surface area contributed by atoms with Crippen LogP contribution < -0.4 is 15.4 Å². The molecule has 29 heavy (non-hydrogen) atoms. The molecule has 1 aliphatic carbocycles. The van der Waals surface area contributed by atoms with E-state index in [0.29, 0.717) is 12.6 Å². The van der Waals surface area contributed by atoms with Gasteiger partial charge in [0, 0.05) is 12.6 Å². The van der Waals surface area contributed by atoms with Gasteiger partial charge in [-0.2, -0.15) is 0 Å². The molecular formula is C21H37IN4O2S. The molecule has 0 spiro atoms. The van der Waals surface area contributed by atoms with Gasteiger partial charge in [-0.25, -0.2) is 18.1 Å². The fourth-order valence-corrected chi connectivity index (χ4v) is 4.49. The number of sulfonamides is 1. The van der Waals surface area contributed by atoms with Crippen LogP contribution in [-0.4, -0.2) is 34.0 Å².